The molecule has 2 fully saturated rings. The molecule has 1 saturated heterocycles. The SMILES string of the molecule is CN(C)CC1CCCN1C1CCC1CN. The summed E-state index contributed by atoms with van der Waals surface area (Å²) in [7, 11) is 4.36. The molecule has 2 rings (SSSR count). The molecule has 2 N–H and O–H groups in total. The summed E-state index contributed by atoms with van der Waals surface area (Å²) in [6.45, 7) is 3.41. The van der Waals surface area contributed by atoms with Crippen molar-refractivity contribution >= 4 is 0 Å². The minimum Gasteiger partial charge on any atom is -0.330 e. The highest BCUT2D eigenvalue weighted by Crippen LogP contribution is 2.35. The van der Waals surface area contributed by atoms with Gasteiger partial charge in [0.15, 0.2) is 0 Å². The fraction of sp³-hybridized carbons (Fsp3) is 1.00. The number of nitrogens with two attached hydrogens (primary N) is 1. The maximum Gasteiger partial charge on any atom is 0.0226 e. The van der Waals surface area contributed by atoms with E-state index < -0.39 is 0 Å². The van der Waals surface area contributed by atoms with Gasteiger partial charge in [-0.15, -0.1) is 0 Å². The van der Waals surface area contributed by atoms with Crippen molar-refractivity contribution in [3.8, 4) is 0 Å². The molecule has 0 aromatic carbocycles. The van der Waals surface area contributed by atoms with Gasteiger partial charge in [-0.1, -0.05) is 0 Å². The Morgan fingerprint density at radius 3 is 2.60 bits per heavy atom. The fourth-order valence-corrected chi connectivity index (χ4v) is 3.18. The molecule has 1 aliphatic carbocycles. The number of hydrogen-bond donors (Lipinski definition) is 1. The maximum absolute atomic E-state index is 5.80. The van der Waals surface area contributed by atoms with Gasteiger partial charge in [-0.2, -0.15) is 0 Å². The van der Waals surface area contributed by atoms with Gasteiger partial charge in [-0.25, -0.2) is 0 Å². The molecular formula is C12H25N3. The largest absolute Gasteiger partial charge is 0.330 e. The first-order valence-corrected chi connectivity index (χ1v) is 6.33. The van der Waals surface area contributed by atoms with E-state index >= 15 is 0 Å². The van der Waals surface area contributed by atoms with Gasteiger partial charge in [0, 0.05) is 18.6 Å². The normalized spacial score (nSPS) is 37.2. The lowest BCUT2D eigenvalue weighted by atomic mass is 9.78. The minimum atomic E-state index is 0.785. The van der Waals surface area contributed by atoms with Gasteiger partial charge in [-0.3, -0.25) is 4.90 Å². The molecule has 3 unspecified atom stereocenters. The molecule has 1 heterocycles. The van der Waals surface area contributed by atoms with Crippen LogP contribution in [0.3, 0.4) is 0 Å². The lowest BCUT2D eigenvalue weighted by molar-refractivity contribution is 0.0478. The van der Waals surface area contributed by atoms with Crippen molar-refractivity contribution in [2.24, 2.45) is 11.7 Å². The van der Waals surface area contributed by atoms with E-state index in [0.717, 1.165) is 24.5 Å². The highest BCUT2D eigenvalue weighted by Gasteiger charge is 2.39. The Balaban J connectivity index is 1.90. The Bertz CT molecular complexity index is 203. The molecule has 3 atom stereocenters. The quantitative estimate of drug-likeness (QED) is 0.745. The van der Waals surface area contributed by atoms with E-state index in [1.807, 2.05) is 0 Å². The van der Waals surface area contributed by atoms with Crippen LogP contribution >= 0.6 is 0 Å². The summed E-state index contributed by atoms with van der Waals surface area (Å²) in [4.78, 5) is 5.06. The summed E-state index contributed by atoms with van der Waals surface area (Å²) < 4.78 is 0. The molecule has 0 bridgehead atoms. The van der Waals surface area contributed by atoms with E-state index in [1.165, 1.54) is 38.8 Å². The zero-order chi connectivity index (χ0) is 10.8. The zero-order valence-electron chi connectivity index (χ0n) is 10.2. The van der Waals surface area contributed by atoms with Crippen LogP contribution in [-0.4, -0.2) is 55.6 Å². The van der Waals surface area contributed by atoms with Crippen LogP contribution in [-0.2, 0) is 0 Å². The summed E-state index contributed by atoms with van der Waals surface area (Å²) in [6, 6.07) is 1.60. The van der Waals surface area contributed by atoms with E-state index in [1.54, 1.807) is 0 Å². The molecule has 1 aliphatic heterocycles. The second kappa shape index (κ2) is 4.81. The molecule has 3 heteroatoms. The van der Waals surface area contributed by atoms with Gasteiger partial charge in [0.2, 0.25) is 0 Å². The van der Waals surface area contributed by atoms with Crippen LogP contribution in [0.2, 0.25) is 0 Å². The third-order valence-electron chi connectivity index (χ3n) is 4.10. The molecule has 88 valence electrons. The topological polar surface area (TPSA) is 32.5 Å². The molecule has 1 saturated carbocycles. The molecule has 0 aromatic rings. The van der Waals surface area contributed by atoms with Crippen molar-refractivity contribution < 1.29 is 0 Å². The molecule has 15 heavy (non-hydrogen) atoms. The van der Waals surface area contributed by atoms with Crippen LogP contribution in [0.15, 0.2) is 0 Å². The van der Waals surface area contributed by atoms with Crippen molar-refractivity contribution in [1.82, 2.24) is 9.80 Å². The first-order chi connectivity index (χ1) is 7.22. The predicted molar refractivity (Wildman–Crippen MR) is 63.8 cm³/mol. The van der Waals surface area contributed by atoms with Crippen LogP contribution in [0.1, 0.15) is 25.7 Å². The average Bonchev–Trinajstić information content (AvgIpc) is 2.51. The van der Waals surface area contributed by atoms with Crippen molar-refractivity contribution in [1.29, 1.82) is 0 Å². The van der Waals surface area contributed by atoms with E-state index in [2.05, 4.69) is 23.9 Å². The van der Waals surface area contributed by atoms with Gasteiger partial charge in [-0.05, 0) is 58.8 Å². The number of rotatable bonds is 4. The Hall–Kier alpha value is -0.120. The summed E-state index contributed by atoms with van der Waals surface area (Å²) in [5.74, 6) is 0.785. The smallest absolute Gasteiger partial charge is 0.0226 e. The molecule has 2 aliphatic rings. The third kappa shape index (κ3) is 2.35. The van der Waals surface area contributed by atoms with Crippen LogP contribution in [0.25, 0.3) is 0 Å². The molecule has 0 radical (unpaired) electrons. The van der Waals surface area contributed by atoms with E-state index in [9.17, 15) is 0 Å². The summed E-state index contributed by atoms with van der Waals surface area (Å²) in [6.07, 6.45) is 5.50. The van der Waals surface area contributed by atoms with Crippen molar-refractivity contribution in [2.75, 3.05) is 33.7 Å². The zero-order valence-corrected chi connectivity index (χ0v) is 10.2. The van der Waals surface area contributed by atoms with Gasteiger partial charge < -0.3 is 10.6 Å². The molecular weight excluding hydrogens is 186 g/mol. The average molecular weight is 211 g/mol. The molecule has 0 amide bonds. The Morgan fingerprint density at radius 1 is 1.27 bits per heavy atom. The van der Waals surface area contributed by atoms with Crippen LogP contribution in [0.5, 0.6) is 0 Å². The number of likely N-dealkylation sites (N-methyl/N-ethyl adjacent to an activating group) is 1. The third-order valence-corrected chi connectivity index (χ3v) is 4.10. The maximum atomic E-state index is 5.80. The lowest BCUT2D eigenvalue weighted by Gasteiger charge is -2.45. The summed E-state index contributed by atoms with van der Waals surface area (Å²) >= 11 is 0. The highest BCUT2D eigenvalue weighted by atomic mass is 15.2. The number of nitrogens with zero attached hydrogens (tertiary/aromatic N) is 2. The number of hydrogen-bond acceptors (Lipinski definition) is 3. The molecule has 0 aromatic heterocycles. The summed E-state index contributed by atoms with van der Waals surface area (Å²) in [5, 5.41) is 0. The monoisotopic (exact) mass is 211 g/mol. The van der Waals surface area contributed by atoms with E-state index in [-0.39, 0.29) is 0 Å². The second-order valence-electron chi connectivity index (χ2n) is 5.44. The van der Waals surface area contributed by atoms with Gasteiger partial charge in [0.05, 0.1) is 0 Å². The standard InChI is InChI=1S/C12H25N3/c1-14(2)9-11-4-3-7-15(11)12-6-5-10(12)8-13/h10-12H,3-9,13H2,1-2H3. The first kappa shape index (κ1) is 11.4. The Kier molecular flexibility index (Phi) is 3.65. The van der Waals surface area contributed by atoms with Gasteiger partial charge in [0.25, 0.3) is 0 Å². The van der Waals surface area contributed by atoms with E-state index in [4.69, 9.17) is 5.73 Å². The Labute approximate surface area is 93.6 Å². The van der Waals surface area contributed by atoms with Gasteiger partial charge in [0.1, 0.15) is 0 Å². The van der Waals surface area contributed by atoms with Crippen molar-refractivity contribution in [3.63, 3.8) is 0 Å². The lowest BCUT2D eigenvalue weighted by Crippen LogP contribution is -2.53. The van der Waals surface area contributed by atoms with E-state index in [0.29, 0.717) is 0 Å². The summed E-state index contributed by atoms with van der Waals surface area (Å²) in [5.41, 5.74) is 5.80. The van der Waals surface area contributed by atoms with Crippen LogP contribution in [0.4, 0.5) is 0 Å². The minimum absolute atomic E-state index is 0.785. The second-order valence-corrected chi connectivity index (χ2v) is 5.44. The predicted octanol–water partition coefficient (Wildman–Crippen LogP) is 0.750. The Morgan fingerprint density at radius 2 is 2.07 bits per heavy atom. The highest BCUT2D eigenvalue weighted by molar-refractivity contribution is 4.95. The molecule has 0 spiro atoms. The van der Waals surface area contributed by atoms with Gasteiger partial charge >= 0.3 is 0 Å². The first-order valence-electron chi connectivity index (χ1n) is 6.33. The van der Waals surface area contributed by atoms with Crippen molar-refractivity contribution in [3.05, 3.63) is 0 Å². The fourth-order valence-electron chi connectivity index (χ4n) is 3.18. The van der Waals surface area contributed by atoms with Crippen LogP contribution < -0.4 is 5.73 Å². The molecule has 3 nitrogen and oxygen atoms in total. The van der Waals surface area contributed by atoms with Crippen LogP contribution in [0, 0.1) is 5.92 Å². The number of likely N-dealkylation sites (tertiary alicyclic amines) is 1. The van der Waals surface area contributed by atoms with Crippen molar-refractivity contribution in [2.45, 2.75) is 37.8 Å².